The molecule has 2 aromatic carbocycles. The van der Waals surface area contributed by atoms with Gasteiger partial charge in [-0.2, -0.15) is 0 Å². The molecule has 2 aliphatic rings. The van der Waals surface area contributed by atoms with Crippen LogP contribution >= 0.6 is 0 Å². The fourth-order valence-corrected chi connectivity index (χ4v) is 5.17. The fraction of sp³-hybridized carbons (Fsp3) is 0.391. The molecule has 6 heteroatoms. The van der Waals surface area contributed by atoms with Crippen LogP contribution in [-0.2, 0) is 0 Å². The third-order valence-electron chi connectivity index (χ3n) is 6.68. The molecule has 0 unspecified atom stereocenters. The average Bonchev–Trinajstić information content (AvgIpc) is 3.30. The summed E-state index contributed by atoms with van der Waals surface area (Å²) < 4.78 is 2.10. The molecule has 3 aromatic rings. The van der Waals surface area contributed by atoms with Gasteiger partial charge in [0.2, 0.25) is 0 Å². The van der Waals surface area contributed by atoms with Crippen molar-refractivity contribution in [2.24, 2.45) is 11.8 Å². The van der Waals surface area contributed by atoms with E-state index in [2.05, 4.69) is 9.55 Å². The summed E-state index contributed by atoms with van der Waals surface area (Å²) in [6, 6.07) is 12.9. The van der Waals surface area contributed by atoms with Crippen molar-refractivity contribution in [3.05, 3.63) is 59.9 Å². The van der Waals surface area contributed by atoms with E-state index in [9.17, 15) is 15.0 Å². The van der Waals surface area contributed by atoms with Crippen LogP contribution in [0.5, 0.6) is 5.75 Å². The van der Waals surface area contributed by atoms with Crippen LogP contribution in [0.25, 0.3) is 11.0 Å². The number of carbonyl (C=O) groups is 1. The SMILES string of the molecule is Cc1cc(O)ccc1C(=O)N1C[C@H]2C[C@@H](n3cnc4ccccc43)[C@H](O)C[C@H]2C1. The second kappa shape index (κ2) is 6.88. The first-order chi connectivity index (χ1) is 14.0. The summed E-state index contributed by atoms with van der Waals surface area (Å²) in [5, 5.41) is 20.5. The molecule has 1 aromatic heterocycles. The van der Waals surface area contributed by atoms with E-state index in [1.165, 1.54) is 0 Å². The number of nitrogens with zero attached hydrogens (tertiary/aromatic N) is 3. The Morgan fingerprint density at radius 3 is 2.66 bits per heavy atom. The lowest BCUT2D eigenvalue weighted by Gasteiger charge is -2.36. The zero-order valence-electron chi connectivity index (χ0n) is 16.4. The van der Waals surface area contributed by atoms with Gasteiger partial charge in [-0.3, -0.25) is 4.79 Å². The minimum atomic E-state index is -0.445. The van der Waals surface area contributed by atoms with Crippen LogP contribution in [0.3, 0.4) is 0 Å². The lowest BCUT2D eigenvalue weighted by Crippen LogP contribution is -2.36. The molecule has 1 aliphatic heterocycles. The molecule has 1 amide bonds. The standard InChI is InChI=1S/C23H25N3O3/c1-14-8-17(27)6-7-18(14)23(29)25-11-15-9-21(22(28)10-16(15)12-25)26-13-24-19-4-2-3-5-20(19)26/h2-8,13,15-16,21-22,27-28H,9-12H2,1H3/t15-,16+,21-,22-/m1/s1. The van der Waals surface area contributed by atoms with Gasteiger partial charge in [-0.15, -0.1) is 0 Å². The predicted octanol–water partition coefficient (Wildman–Crippen LogP) is 3.13. The van der Waals surface area contributed by atoms with Crippen molar-refractivity contribution in [3.8, 4) is 5.75 Å². The van der Waals surface area contributed by atoms with Crippen molar-refractivity contribution < 1.29 is 15.0 Å². The maximum atomic E-state index is 13.1. The summed E-state index contributed by atoms with van der Waals surface area (Å²) in [5.74, 6) is 0.868. The van der Waals surface area contributed by atoms with Gasteiger partial charge in [0.25, 0.3) is 5.91 Å². The molecule has 2 N–H and O–H groups in total. The van der Waals surface area contributed by atoms with E-state index in [0.29, 0.717) is 36.9 Å². The van der Waals surface area contributed by atoms with Gasteiger partial charge in [-0.1, -0.05) is 12.1 Å². The molecule has 29 heavy (non-hydrogen) atoms. The van der Waals surface area contributed by atoms with Gasteiger partial charge < -0.3 is 19.7 Å². The number of aliphatic hydroxyl groups excluding tert-OH is 1. The smallest absolute Gasteiger partial charge is 0.254 e. The number of aryl methyl sites for hydroxylation is 1. The number of phenols is 1. The molecule has 150 valence electrons. The number of likely N-dealkylation sites (tertiary alicyclic amines) is 1. The molecular weight excluding hydrogens is 366 g/mol. The van der Waals surface area contributed by atoms with E-state index in [0.717, 1.165) is 23.0 Å². The Bertz CT molecular complexity index is 1080. The molecule has 0 radical (unpaired) electrons. The number of carbonyl (C=O) groups excluding carboxylic acids is 1. The molecular formula is C23H25N3O3. The molecule has 6 nitrogen and oxygen atoms in total. The lowest BCUT2D eigenvalue weighted by molar-refractivity contribution is 0.0374. The number of aromatic nitrogens is 2. The zero-order valence-corrected chi connectivity index (χ0v) is 16.4. The summed E-state index contributed by atoms with van der Waals surface area (Å²) in [5.41, 5.74) is 3.40. The van der Waals surface area contributed by atoms with Crippen LogP contribution in [0.4, 0.5) is 0 Å². The zero-order chi connectivity index (χ0) is 20.1. The number of hydrogen-bond donors (Lipinski definition) is 2. The Kier molecular flexibility index (Phi) is 4.32. The first-order valence-electron chi connectivity index (χ1n) is 10.2. The highest BCUT2D eigenvalue weighted by Gasteiger charge is 2.44. The van der Waals surface area contributed by atoms with Crippen LogP contribution in [0, 0.1) is 18.8 Å². The Balaban J connectivity index is 1.36. The molecule has 0 bridgehead atoms. The summed E-state index contributed by atoms with van der Waals surface area (Å²) in [4.78, 5) is 19.4. The number of aliphatic hydroxyl groups is 1. The van der Waals surface area contributed by atoms with E-state index in [1.54, 1.807) is 18.2 Å². The molecule has 1 saturated heterocycles. The number of amides is 1. The van der Waals surface area contributed by atoms with Crippen molar-refractivity contribution in [2.45, 2.75) is 31.9 Å². The quantitative estimate of drug-likeness (QED) is 0.704. The Morgan fingerprint density at radius 2 is 1.86 bits per heavy atom. The lowest BCUT2D eigenvalue weighted by atomic mass is 9.77. The highest BCUT2D eigenvalue weighted by molar-refractivity contribution is 5.96. The minimum Gasteiger partial charge on any atom is -0.508 e. The van der Waals surface area contributed by atoms with Crippen molar-refractivity contribution >= 4 is 16.9 Å². The highest BCUT2D eigenvalue weighted by Crippen LogP contribution is 2.42. The first kappa shape index (κ1) is 18.2. The topological polar surface area (TPSA) is 78.6 Å². The molecule has 2 fully saturated rings. The number of benzene rings is 2. The van der Waals surface area contributed by atoms with Gasteiger partial charge in [0.05, 0.1) is 29.5 Å². The van der Waals surface area contributed by atoms with Gasteiger partial charge in [0.1, 0.15) is 5.75 Å². The maximum absolute atomic E-state index is 13.1. The van der Waals surface area contributed by atoms with Gasteiger partial charge >= 0.3 is 0 Å². The third kappa shape index (κ3) is 3.08. The number of rotatable bonds is 2. The van der Waals surface area contributed by atoms with Crippen LogP contribution in [0.1, 0.15) is 34.8 Å². The number of aromatic hydroxyl groups is 1. The minimum absolute atomic E-state index is 0.0102. The second-order valence-electron chi connectivity index (χ2n) is 8.48. The normalized spacial score (nSPS) is 26.6. The van der Waals surface area contributed by atoms with E-state index >= 15 is 0 Å². The molecule has 1 aliphatic carbocycles. The van der Waals surface area contributed by atoms with Gasteiger partial charge in [0, 0.05) is 18.7 Å². The van der Waals surface area contributed by atoms with Crippen LogP contribution < -0.4 is 0 Å². The van der Waals surface area contributed by atoms with Crippen molar-refractivity contribution in [3.63, 3.8) is 0 Å². The number of phenolic OH excluding ortho intramolecular Hbond substituents is 1. The number of fused-ring (bicyclic) bond motifs is 2. The molecule has 2 heterocycles. The summed E-state index contributed by atoms with van der Waals surface area (Å²) >= 11 is 0. The monoisotopic (exact) mass is 391 g/mol. The number of para-hydroxylation sites is 2. The summed E-state index contributed by atoms with van der Waals surface area (Å²) in [6.07, 6.45) is 2.92. The number of hydrogen-bond acceptors (Lipinski definition) is 4. The Morgan fingerprint density at radius 1 is 1.10 bits per heavy atom. The van der Waals surface area contributed by atoms with Crippen molar-refractivity contribution in [1.82, 2.24) is 14.5 Å². The summed E-state index contributed by atoms with van der Waals surface area (Å²) in [7, 11) is 0. The van der Waals surface area contributed by atoms with Gasteiger partial charge in [-0.05, 0) is 67.5 Å². The molecule has 1 saturated carbocycles. The molecule has 4 atom stereocenters. The second-order valence-corrected chi connectivity index (χ2v) is 8.48. The third-order valence-corrected chi connectivity index (χ3v) is 6.68. The van der Waals surface area contributed by atoms with E-state index < -0.39 is 6.10 Å². The van der Waals surface area contributed by atoms with Crippen LogP contribution in [-0.4, -0.2) is 49.8 Å². The highest BCUT2D eigenvalue weighted by atomic mass is 16.3. The average molecular weight is 391 g/mol. The predicted molar refractivity (Wildman–Crippen MR) is 110 cm³/mol. The maximum Gasteiger partial charge on any atom is 0.254 e. The largest absolute Gasteiger partial charge is 0.508 e. The van der Waals surface area contributed by atoms with E-state index in [-0.39, 0.29) is 17.7 Å². The Labute approximate surface area is 169 Å². The van der Waals surface area contributed by atoms with Gasteiger partial charge in [-0.25, -0.2) is 4.98 Å². The van der Waals surface area contributed by atoms with E-state index in [4.69, 9.17) is 0 Å². The molecule has 0 spiro atoms. The first-order valence-corrected chi connectivity index (χ1v) is 10.2. The van der Waals surface area contributed by atoms with Crippen molar-refractivity contribution in [2.75, 3.05) is 13.1 Å². The Hall–Kier alpha value is -2.86. The van der Waals surface area contributed by atoms with Gasteiger partial charge in [0.15, 0.2) is 0 Å². The van der Waals surface area contributed by atoms with Crippen molar-refractivity contribution in [1.29, 1.82) is 0 Å². The van der Waals surface area contributed by atoms with E-state index in [1.807, 2.05) is 42.4 Å². The van der Waals surface area contributed by atoms with Crippen LogP contribution in [0.2, 0.25) is 0 Å². The van der Waals surface area contributed by atoms with Crippen LogP contribution in [0.15, 0.2) is 48.8 Å². The summed E-state index contributed by atoms with van der Waals surface area (Å²) in [6.45, 7) is 3.23. The number of imidazole rings is 1. The molecule has 5 rings (SSSR count). The fourth-order valence-electron chi connectivity index (χ4n) is 5.17.